The third kappa shape index (κ3) is 6.76. The maximum atomic E-state index is 15.0. The Kier molecular flexibility index (Phi) is 9.62. The first-order chi connectivity index (χ1) is 17.9. The standard InChI is InChI=1S/C29H36FNO6S/c1-20(2)37-16-6-5-7-21-8-10-24(26(30)17-21)22-9-11-25-23(18-22)12-14-31(28(25)34)15-13-29(3,27(33)19-32)38(4,35)36/h8-12,14,17-18,20,32H,5-7,13,15-16,19H2,1-4H3/t29-/m1/s1. The predicted octanol–water partition coefficient (Wildman–Crippen LogP) is 4.31. The number of carbonyl (C=O) groups excluding carboxylic acids is 1. The lowest BCUT2D eigenvalue weighted by atomic mass is 9.98. The molecule has 0 spiro atoms. The molecule has 38 heavy (non-hydrogen) atoms. The summed E-state index contributed by atoms with van der Waals surface area (Å²) in [5.41, 5.74) is 1.65. The molecule has 0 bridgehead atoms. The maximum absolute atomic E-state index is 15.0. The molecule has 2 aromatic carbocycles. The van der Waals surface area contributed by atoms with E-state index in [1.54, 1.807) is 36.4 Å². The normalized spacial score (nSPS) is 13.7. The summed E-state index contributed by atoms with van der Waals surface area (Å²) in [5.74, 6) is -1.14. The molecule has 0 unspecified atom stereocenters. The van der Waals surface area contributed by atoms with Gasteiger partial charge in [0, 0.05) is 36.6 Å². The molecule has 7 nitrogen and oxygen atoms in total. The van der Waals surface area contributed by atoms with Crippen LogP contribution in [0.25, 0.3) is 21.9 Å². The summed E-state index contributed by atoms with van der Waals surface area (Å²) < 4.78 is 44.5. The minimum atomic E-state index is -3.82. The first-order valence-corrected chi connectivity index (χ1v) is 14.6. The maximum Gasteiger partial charge on any atom is 0.258 e. The fraction of sp³-hybridized carbons (Fsp3) is 0.448. The summed E-state index contributed by atoms with van der Waals surface area (Å²) in [6.07, 6.45) is 5.10. The van der Waals surface area contributed by atoms with Gasteiger partial charge in [0.15, 0.2) is 15.6 Å². The summed E-state index contributed by atoms with van der Waals surface area (Å²) in [6, 6.07) is 12.0. The van der Waals surface area contributed by atoms with Crippen LogP contribution >= 0.6 is 0 Å². The third-order valence-corrected chi connectivity index (χ3v) is 9.08. The molecule has 3 rings (SSSR count). The number of Topliss-reactive ketones (excluding diaryl/α,β-unsaturated/α-hetero) is 1. The van der Waals surface area contributed by atoms with Crippen LogP contribution < -0.4 is 5.56 Å². The molecule has 9 heteroatoms. The number of ether oxygens (including phenoxy) is 1. The first-order valence-electron chi connectivity index (χ1n) is 12.7. The summed E-state index contributed by atoms with van der Waals surface area (Å²) in [6.45, 7) is 5.03. The fourth-order valence-corrected chi connectivity index (χ4v) is 5.30. The molecule has 1 heterocycles. The molecule has 0 saturated carbocycles. The number of pyridine rings is 1. The summed E-state index contributed by atoms with van der Waals surface area (Å²) in [7, 11) is -3.82. The number of aliphatic hydroxyl groups is 1. The van der Waals surface area contributed by atoms with E-state index in [1.165, 1.54) is 17.7 Å². The van der Waals surface area contributed by atoms with E-state index < -0.39 is 27.0 Å². The van der Waals surface area contributed by atoms with E-state index >= 15 is 0 Å². The van der Waals surface area contributed by atoms with E-state index in [0.717, 1.165) is 31.1 Å². The smallest absolute Gasteiger partial charge is 0.258 e. The van der Waals surface area contributed by atoms with Crippen LogP contribution in [0.5, 0.6) is 0 Å². The summed E-state index contributed by atoms with van der Waals surface area (Å²) in [4.78, 5) is 25.2. The highest BCUT2D eigenvalue weighted by molar-refractivity contribution is 7.92. The van der Waals surface area contributed by atoms with Crippen molar-refractivity contribution in [2.24, 2.45) is 0 Å². The Morgan fingerprint density at radius 2 is 1.87 bits per heavy atom. The molecule has 0 amide bonds. The second-order valence-electron chi connectivity index (χ2n) is 10.1. The van der Waals surface area contributed by atoms with Gasteiger partial charge >= 0.3 is 0 Å². The quantitative estimate of drug-likeness (QED) is 0.321. The number of rotatable bonds is 13. The van der Waals surface area contributed by atoms with Crippen LogP contribution in [-0.2, 0) is 32.3 Å². The molecular weight excluding hydrogens is 509 g/mol. The van der Waals surface area contributed by atoms with Gasteiger partial charge in [-0.25, -0.2) is 12.8 Å². The third-order valence-electron chi connectivity index (χ3n) is 7.01. The average molecular weight is 546 g/mol. The molecule has 0 saturated heterocycles. The van der Waals surface area contributed by atoms with Crippen molar-refractivity contribution in [2.45, 2.75) is 63.9 Å². The highest BCUT2D eigenvalue weighted by Crippen LogP contribution is 2.27. The number of aryl methyl sites for hydroxylation is 2. The van der Waals surface area contributed by atoms with E-state index in [2.05, 4.69) is 0 Å². The number of fused-ring (bicyclic) bond motifs is 1. The number of unbranched alkanes of at least 4 members (excludes halogenated alkanes) is 1. The molecule has 206 valence electrons. The minimum absolute atomic E-state index is 0.0223. The van der Waals surface area contributed by atoms with Crippen molar-refractivity contribution < 1.29 is 27.4 Å². The Bertz CT molecular complexity index is 1460. The molecule has 0 fully saturated rings. The highest BCUT2D eigenvalue weighted by atomic mass is 32.2. The molecule has 1 aromatic heterocycles. The van der Waals surface area contributed by atoms with Crippen molar-refractivity contribution in [2.75, 3.05) is 19.5 Å². The second kappa shape index (κ2) is 12.3. The molecule has 1 N–H and O–H groups in total. The zero-order valence-corrected chi connectivity index (χ0v) is 23.2. The number of hydrogen-bond acceptors (Lipinski definition) is 6. The topological polar surface area (TPSA) is 103 Å². The molecule has 0 radical (unpaired) electrons. The van der Waals surface area contributed by atoms with Crippen molar-refractivity contribution in [1.82, 2.24) is 4.57 Å². The minimum Gasteiger partial charge on any atom is -0.389 e. The lowest BCUT2D eigenvalue weighted by molar-refractivity contribution is -0.124. The van der Waals surface area contributed by atoms with E-state index in [0.29, 0.717) is 28.5 Å². The van der Waals surface area contributed by atoms with E-state index in [1.807, 2.05) is 19.9 Å². The Morgan fingerprint density at radius 3 is 2.50 bits per heavy atom. The molecule has 1 atom stereocenters. The van der Waals surface area contributed by atoms with Gasteiger partial charge in [0.2, 0.25) is 0 Å². The van der Waals surface area contributed by atoms with Gasteiger partial charge in [0.25, 0.3) is 5.56 Å². The van der Waals surface area contributed by atoms with Crippen LogP contribution in [-0.4, -0.2) is 54.2 Å². The van der Waals surface area contributed by atoms with Crippen molar-refractivity contribution >= 4 is 26.4 Å². The molecule has 3 aromatic rings. The first kappa shape index (κ1) is 29.7. The van der Waals surface area contributed by atoms with Gasteiger partial charge in [-0.15, -0.1) is 0 Å². The van der Waals surface area contributed by atoms with Gasteiger partial charge in [0.1, 0.15) is 17.2 Å². The fourth-order valence-electron chi connectivity index (χ4n) is 4.36. The Labute approximate surface area is 223 Å². The number of halogens is 1. The lowest BCUT2D eigenvalue weighted by Crippen LogP contribution is -2.46. The van der Waals surface area contributed by atoms with Gasteiger partial charge in [-0.1, -0.05) is 18.2 Å². The number of nitrogens with zero attached hydrogens (tertiary/aromatic N) is 1. The zero-order valence-electron chi connectivity index (χ0n) is 22.4. The lowest BCUT2D eigenvalue weighted by Gasteiger charge is -2.25. The van der Waals surface area contributed by atoms with Crippen LogP contribution in [0.2, 0.25) is 0 Å². The molecule has 0 aliphatic carbocycles. The number of ketones is 1. The van der Waals surface area contributed by atoms with E-state index in [9.17, 15) is 27.5 Å². The van der Waals surface area contributed by atoms with Gasteiger partial charge in [-0.3, -0.25) is 9.59 Å². The average Bonchev–Trinajstić information content (AvgIpc) is 2.86. The number of sulfone groups is 1. The van der Waals surface area contributed by atoms with Crippen LogP contribution in [0.3, 0.4) is 0 Å². The van der Waals surface area contributed by atoms with Crippen LogP contribution in [0.15, 0.2) is 53.5 Å². The summed E-state index contributed by atoms with van der Waals surface area (Å²) in [5, 5.41) is 10.3. The van der Waals surface area contributed by atoms with Gasteiger partial charge in [-0.05, 0) is 87.2 Å². The van der Waals surface area contributed by atoms with Gasteiger partial charge < -0.3 is 14.4 Å². The molecular formula is C29H36FNO6S. The summed E-state index contributed by atoms with van der Waals surface area (Å²) >= 11 is 0. The SMILES string of the molecule is CC(C)OCCCCc1ccc(-c2ccc3c(=O)n(CC[C@](C)(C(=O)CO)S(C)(=O)=O)ccc3c2)c(F)c1. The monoisotopic (exact) mass is 545 g/mol. The van der Waals surface area contributed by atoms with Crippen LogP contribution in [0.4, 0.5) is 4.39 Å². The number of hydrogen-bond donors (Lipinski definition) is 1. The van der Waals surface area contributed by atoms with E-state index in [4.69, 9.17) is 4.74 Å². The highest BCUT2D eigenvalue weighted by Gasteiger charge is 2.42. The van der Waals surface area contributed by atoms with Gasteiger partial charge in [0.05, 0.1) is 6.10 Å². The van der Waals surface area contributed by atoms with Crippen molar-refractivity contribution in [3.63, 3.8) is 0 Å². The number of aliphatic hydroxyl groups excluding tert-OH is 1. The van der Waals surface area contributed by atoms with E-state index in [-0.39, 0.29) is 30.4 Å². The number of aromatic nitrogens is 1. The molecule has 0 aliphatic heterocycles. The predicted molar refractivity (Wildman–Crippen MR) is 148 cm³/mol. The Morgan fingerprint density at radius 1 is 1.13 bits per heavy atom. The molecule has 0 aliphatic rings. The zero-order chi connectivity index (χ0) is 28.1. The largest absolute Gasteiger partial charge is 0.389 e. The number of carbonyl (C=O) groups is 1. The number of benzene rings is 2. The Balaban J connectivity index is 1.78. The van der Waals surface area contributed by atoms with Crippen molar-refractivity contribution in [3.8, 4) is 11.1 Å². The van der Waals surface area contributed by atoms with Crippen LogP contribution in [0, 0.1) is 5.82 Å². The van der Waals surface area contributed by atoms with Crippen molar-refractivity contribution in [1.29, 1.82) is 0 Å². The van der Waals surface area contributed by atoms with Gasteiger partial charge in [-0.2, -0.15) is 0 Å². The second-order valence-corrected chi connectivity index (χ2v) is 12.6. The van der Waals surface area contributed by atoms with Crippen molar-refractivity contribution in [3.05, 3.63) is 70.4 Å². The van der Waals surface area contributed by atoms with Crippen LogP contribution in [0.1, 0.15) is 45.6 Å². The Hall–Kier alpha value is -2.88.